The molecule has 0 atom stereocenters. The van der Waals surface area contributed by atoms with E-state index < -0.39 is 9.15 Å². The van der Waals surface area contributed by atoms with Crippen LogP contribution in [0.25, 0.3) is 0 Å². The zero-order chi connectivity index (χ0) is 6.50. The van der Waals surface area contributed by atoms with Gasteiger partial charge in [-0.05, 0) is 11.7 Å². The first-order chi connectivity index (χ1) is 3.00. The summed E-state index contributed by atoms with van der Waals surface area (Å²) < 4.78 is 25.5. The first-order valence-electron chi connectivity index (χ1n) is 0.987. The quantitative estimate of drug-likeness (QED) is 0.208. The van der Waals surface area contributed by atoms with Gasteiger partial charge in [0, 0.05) is 0 Å². The van der Waals surface area contributed by atoms with Crippen molar-refractivity contribution in [2.24, 2.45) is 0 Å². The van der Waals surface area contributed by atoms with Gasteiger partial charge in [0.15, 0.2) is 0 Å². The van der Waals surface area contributed by atoms with E-state index in [1.165, 1.54) is 0 Å². The Morgan fingerprint density at radius 3 is 1.38 bits per heavy atom. The van der Waals surface area contributed by atoms with E-state index in [-0.39, 0.29) is 29.6 Å². The van der Waals surface area contributed by atoms with Crippen molar-refractivity contribution in [2.75, 3.05) is 0 Å². The Kier molecular flexibility index (Phi) is 15.8. The fraction of sp³-hybridized carbons (Fsp3) is 0. The summed E-state index contributed by atoms with van der Waals surface area (Å²) in [6.07, 6.45) is 0. The van der Waals surface area contributed by atoms with Crippen molar-refractivity contribution in [3.63, 3.8) is 0 Å². The minimum absolute atomic E-state index is 0. The van der Waals surface area contributed by atoms with Crippen molar-refractivity contribution in [3.05, 3.63) is 0 Å². The van der Waals surface area contributed by atoms with Crippen LogP contribution in [0.2, 0.25) is 0 Å². The summed E-state index contributed by atoms with van der Waals surface area (Å²) >= 11 is 2.65. The Labute approximate surface area is 74.5 Å². The summed E-state index contributed by atoms with van der Waals surface area (Å²) in [5.41, 5.74) is 0. The normalized spacial score (nSPS) is 7.75. The molecule has 0 aromatic carbocycles. The first-order valence-corrected chi connectivity index (χ1v) is 3.48. The van der Waals surface area contributed by atoms with Crippen molar-refractivity contribution < 1.29 is 17.8 Å². The second kappa shape index (κ2) is 7.93. The molecule has 0 spiro atoms. The molecule has 0 heterocycles. The summed E-state index contributed by atoms with van der Waals surface area (Å²) in [5, 5.41) is 0. The molecule has 0 saturated heterocycles. The molecule has 46 valence electrons. The Balaban J connectivity index is -0.0000000750. The Morgan fingerprint density at radius 2 is 1.38 bits per heavy atom. The SMILES string of the molecule is C=O.O=S(=O)(O)S.[NaH]. The fourth-order valence-electron chi connectivity index (χ4n) is 0. The van der Waals surface area contributed by atoms with Crippen molar-refractivity contribution in [1.29, 1.82) is 0 Å². The van der Waals surface area contributed by atoms with Gasteiger partial charge in [-0.2, -0.15) is 8.42 Å². The van der Waals surface area contributed by atoms with Crippen molar-refractivity contribution in [1.82, 2.24) is 0 Å². The number of thiol groups is 1. The summed E-state index contributed by atoms with van der Waals surface area (Å²) in [6, 6.07) is 0. The van der Waals surface area contributed by atoms with Crippen LogP contribution in [0.3, 0.4) is 0 Å². The molecule has 8 heavy (non-hydrogen) atoms. The molecule has 0 aromatic heterocycles. The third kappa shape index (κ3) is 282. The van der Waals surface area contributed by atoms with Gasteiger partial charge in [-0.3, -0.25) is 4.55 Å². The zero-order valence-electron chi connectivity index (χ0n) is 3.23. The van der Waals surface area contributed by atoms with Crippen LogP contribution >= 0.6 is 11.7 Å². The number of carbonyl (C=O) groups excluding carboxylic acids is 1. The van der Waals surface area contributed by atoms with E-state index in [0.717, 1.165) is 0 Å². The molecule has 0 radical (unpaired) electrons. The summed E-state index contributed by atoms with van der Waals surface area (Å²) in [6.45, 7) is 2.00. The number of hydrogen-bond donors (Lipinski definition) is 2. The third-order valence-corrected chi connectivity index (χ3v) is 0. The van der Waals surface area contributed by atoms with Crippen LogP contribution in [-0.4, -0.2) is 49.3 Å². The maximum absolute atomic E-state index is 9.05. The van der Waals surface area contributed by atoms with Gasteiger partial charge in [0.25, 0.3) is 0 Å². The Hall–Kier alpha value is 0.930. The molecule has 0 aliphatic rings. The number of hydrogen-bond acceptors (Lipinski definition) is 3. The van der Waals surface area contributed by atoms with Gasteiger partial charge in [-0.15, -0.1) is 0 Å². The van der Waals surface area contributed by atoms with Crippen LogP contribution in [0.1, 0.15) is 0 Å². The molecule has 0 saturated carbocycles. The van der Waals surface area contributed by atoms with Gasteiger partial charge in [0.2, 0.25) is 0 Å². The molecule has 0 unspecified atom stereocenters. The molecule has 0 aromatic rings. The van der Waals surface area contributed by atoms with Gasteiger partial charge in [-0.1, -0.05) is 0 Å². The van der Waals surface area contributed by atoms with E-state index in [9.17, 15) is 0 Å². The molecular weight excluding hydrogens is 163 g/mol. The Bertz CT molecular complexity index is 108. The van der Waals surface area contributed by atoms with Crippen LogP contribution in [0, 0.1) is 0 Å². The summed E-state index contributed by atoms with van der Waals surface area (Å²) in [4.78, 5) is 8.00. The molecule has 0 aliphatic heterocycles. The van der Waals surface area contributed by atoms with E-state index in [0.29, 0.717) is 0 Å². The zero-order valence-corrected chi connectivity index (χ0v) is 4.95. The van der Waals surface area contributed by atoms with Gasteiger partial charge in [0.05, 0.1) is 0 Å². The molecule has 0 aliphatic carbocycles. The number of carbonyl (C=O) groups is 1. The molecule has 0 fully saturated rings. The minimum atomic E-state index is -3.97. The van der Waals surface area contributed by atoms with E-state index in [4.69, 9.17) is 17.8 Å². The second-order valence-electron chi connectivity index (χ2n) is 0.448. The average molecular weight is 168 g/mol. The van der Waals surface area contributed by atoms with E-state index >= 15 is 0 Å². The van der Waals surface area contributed by atoms with Crippen molar-refractivity contribution >= 4 is 57.2 Å². The predicted octanol–water partition coefficient (Wildman–Crippen LogP) is -1.11. The van der Waals surface area contributed by atoms with Gasteiger partial charge >= 0.3 is 38.7 Å². The van der Waals surface area contributed by atoms with Crippen molar-refractivity contribution in [2.45, 2.75) is 0 Å². The fourth-order valence-corrected chi connectivity index (χ4v) is 0. The van der Waals surface area contributed by atoms with Crippen LogP contribution in [-0.2, 0) is 13.9 Å². The molecule has 0 amide bonds. The van der Waals surface area contributed by atoms with E-state index in [1.54, 1.807) is 0 Å². The van der Waals surface area contributed by atoms with Crippen molar-refractivity contribution in [3.8, 4) is 0 Å². The molecule has 4 nitrogen and oxygen atoms in total. The standard InChI is InChI=1S/CH2O.Na.H2O3S2.H/c1-2;;1-5(2,3)4;/h1H2;;(H2,1,2,3,4);. The average Bonchev–Trinajstić information content (AvgIpc) is 1.36. The monoisotopic (exact) mass is 168 g/mol. The van der Waals surface area contributed by atoms with Gasteiger partial charge in [0.1, 0.15) is 6.79 Å². The van der Waals surface area contributed by atoms with E-state index in [1.807, 2.05) is 6.79 Å². The summed E-state index contributed by atoms with van der Waals surface area (Å²) in [5.74, 6) is 0. The predicted molar refractivity (Wildman–Crippen MR) is 34.8 cm³/mol. The molecule has 0 bridgehead atoms. The van der Waals surface area contributed by atoms with Crippen LogP contribution in [0.5, 0.6) is 0 Å². The molecule has 7 heteroatoms. The molecule has 1 N–H and O–H groups in total. The second-order valence-corrected chi connectivity index (χ2v) is 2.73. The van der Waals surface area contributed by atoms with Crippen LogP contribution in [0.15, 0.2) is 0 Å². The summed E-state index contributed by atoms with van der Waals surface area (Å²) in [7, 11) is -3.97. The molecular formula is CH5NaO4S2. The van der Waals surface area contributed by atoms with Crippen LogP contribution < -0.4 is 0 Å². The van der Waals surface area contributed by atoms with Gasteiger partial charge < -0.3 is 4.79 Å². The topological polar surface area (TPSA) is 71.4 Å². The molecule has 0 rings (SSSR count). The number of rotatable bonds is 0. The van der Waals surface area contributed by atoms with E-state index in [2.05, 4.69) is 11.7 Å². The first kappa shape index (κ1) is 16.0. The Morgan fingerprint density at radius 1 is 1.38 bits per heavy atom. The van der Waals surface area contributed by atoms with Crippen LogP contribution in [0.4, 0.5) is 0 Å². The maximum atomic E-state index is 9.05. The third-order valence-electron chi connectivity index (χ3n) is 0. The van der Waals surface area contributed by atoms with Gasteiger partial charge in [-0.25, -0.2) is 0 Å².